The lowest BCUT2D eigenvalue weighted by atomic mass is 9.86. The highest BCUT2D eigenvalue weighted by atomic mass is 15.2. The Hall–Kier alpha value is -4.12. The van der Waals surface area contributed by atoms with Gasteiger partial charge in [-0.3, -0.25) is 4.90 Å². The van der Waals surface area contributed by atoms with Crippen LogP contribution in [0.1, 0.15) is 58.8 Å². The number of nitrogens with one attached hydrogen (secondary N) is 2. The van der Waals surface area contributed by atoms with Crippen molar-refractivity contribution < 1.29 is 0 Å². The SMILES string of the molecule is CC1=C/C=C(/C2=CC(C3=CNCC=C3)=CCC2)CN(C2C=CCCC2)CC(/C=C/C=C\C(N)C2=CNCC=C2)=C2/CCC=CC2=C1C. The Kier molecular flexibility index (Phi) is 11.3. The summed E-state index contributed by atoms with van der Waals surface area (Å²) in [6.45, 7) is 8.18. The van der Waals surface area contributed by atoms with Gasteiger partial charge in [0.05, 0.1) is 0 Å². The average molecular weight is 625 g/mol. The Balaban J connectivity index is 1.38. The molecule has 47 heavy (non-hydrogen) atoms. The van der Waals surface area contributed by atoms with Gasteiger partial charge in [0.25, 0.3) is 0 Å². The van der Waals surface area contributed by atoms with Crippen molar-refractivity contribution in [3.8, 4) is 0 Å². The Morgan fingerprint density at radius 3 is 2.51 bits per heavy atom. The van der Waals surface area contributed by atoms with Crippen molar-refractivity contribution in [3.63, 3.8) is 0 Å². The minimum absolute atomic E-state index is 0.132. The smallest absolute Gasteiger partial charge is 0.0498 e. The van der Waals surface area contributed by atoms with Crippen LogP contribution in [0.2, 0.25) is 0 Å². The summed E-state index contributed by atoms with van der Waals surface area (Å²) in [5.74, 6) is 0. The standard InChI is InChI=1S/C43H52N4/c1-32-23-24-38(35-15-10-14-34(27-35)36-16-11-25-45-28-36)30-47(40-18-4-3-5-19-40)31-39(42-21-8-7-20-41(42)33(32)2)13-6-9-22-43(44)37-17-12-26-46-29-37/h4,6-7,9,11-14,16-18,20,22-24,27-29,40,43,45-46H,3,5,8,10,15,19,21,25-26,30-31,44H2,1-2H3/b13-6+,22-9-,32-23?,38-24+,41-33?,42-39-. The maximum atomic E-state index is 6.51. The van der Waals surface area contributed by atoms with E-state index in [1.165, 1.54) is 69.4 Å². The van der Waals surface area contributed by atoms with Gasteiger partial charge in [-0.25, -0.2) is 0 Å². The zero-order valence-electron chi connectivity index (χ0n) is 28.3. The highest BCUT2D eigenvalue weighted by Crippen LogP contribution is 2.35. The van der Waals surface area contributed by atoms with Gasteiger partial charge in [0.1, 0.15) is 0 Å². The molecule has 0 amide bonds. The van der Waals surface area contributed by atoms with Gasteiger partial charge in [-0.1, -0.05) is 97.2 Å². The molecule has 0 aromatic heterocycles. The van der Waals surface area contributed by atoms with Crippen LogP contribution < -0.4 is 16.4 Å². The van der Waals surface area contributed by atoms with Crippen molar-refractivity contribution >= 4 is 0 Å². The summed E-state index contributed by atoms with van der Waals surface area (Å²) in [6.07, 6.45) is 48.9. The molecule has 3 heterocycles. The van der Waals surface area contributed by atoms with E-state index in [1.807, 2.05) is 6.20 Å². The first-order chi connectivity index (χ1) is 23.1. The number of fused-ring (bicyclic) bond motifs is 1. The predicted octanol–water partition coefficient (Wildman–Crippen LogP) is 8.42. The number of rotatable bonds is 7. The van der Waals surface area contributed by atoms with Gasteiger partial charge in [0, 0.05) is 50.7 Å². The first kappa shape index (κ1) is 32.8. The van der Waals surface area contributed by atoms with E-state index >= 15 is 0 Å². The van der Waals surface area contributed by atoms with E-state index in [0.29, 0.717) is 6.04 Å². The minimum atomic E-state index is -0.132. The molecule has 3 aliphatic carbocycles. The van der Waals surface area contributed by atoms with Crippen molar-refractivity contribution in [2.24, 2.45) is 5.73 Å². The molecule has 0 saturated heterocycles. The van der Waals surface area contributed by atoms with Crippen LogP contribution in [0.3, 0.4) is 0 Å². The topological polar surface area (TPSA) is 53.3 Å². The quantitative estimate of drug-likeness (QED) is 0.197. The van der Waals surface area contributed by atoms with Crippen LogP contribution in [0.4, 0.5) is 0 Å². The second kappa shape index (κ2) is 16.1. The number of allylic oxidation sites excluding steroid dienone is 16. The van der Waals surface area contributed by atoms with E-state index in [0.717, 1.165) is 57.4 Å². The van der Waals surface area contributed by atoms with Crippen LogP contribution in [0.15, 0.2) is 165 Å². The molecule has 0 bridgehead atoms. The summed E-state index contributed by atoms with van der Waals surface area (Å²) in [4.78, 5) is 2.74. The van der Waals surface area contributed by atoms with Gasteiger partial charge in [-0.05, 0) is 115 Å². The van der Waals surface area contributed by atoms with Gasteiger partial charge in [-0.15, -0.1) is 0 Å². The highest BCUT2D eigenvalue weighted by Gasteiger charge is 2.25. The molecule has 4 nitrogen and oxygen atoms in total. The van der Waals surface area contributed by atoms with E-state index in [9.17, 15) is 0 Å². The van der Waals surface area contributed by atoms with Crippen molar-refractivity contribution in [2.75, 3.05) is 26.2 Å². The summed E-state index contributed by atoms with van der Waals surface area (Å²) >= 11 is 0. The van der Waals surface area contributed by atoms with Crippen LogP contribution in [0, 0.1) is 0 Å². The lowest BCUT2D eigenvalue weighted by Crippen LogP contribution is -2.38. The molecule has 6 aliphatic rings. The van der Waals surface area contributed by atoms with Crippen LogP contribution >= 0.6 is 0 Å². The third-order valence-corrected chi connectivity index (χ3v) is 10.1. The molecular formula is C43H52N4. The lowest BCUT2D eigenvalue weighted by Gasteiger charge is -2.34. The number of hydrogen-bond donors (Lipinski definition) is 3. The molecule has 0 spiro atoms. The summed E-state index contributed by atoms with van der Waals surface area (Å²) in [7, 11) is 0. The van der Waals surface area contributed by atoms with Crippen molar-refractivity contribution in [3.05, 3.63) is 165 Å². The molecule has 4 heteroatoms. The van der Waals surface area contributed by atoms with E-state index in [1.54, 1.807) is 0 Å². The molecule has 244 valence electrons. The zero-order chi connectivity index (χ0) is 32.4. The van der Waals surface area contributed by atoms with Crippen LogP contribution in [-0.2, 0) is 0 Å². The van der Waals surface area contributed by atoms with E-state index in [-0.39, 0.29) is 6.04 Å². The highest BCUT2D eigenvalue weighted by molar-refractivity contribution is 5.57. The maximum absolute atomic E-state index is 6.51. The summed E-state index contributed by atoms with van der Waals surface area (Å²) < 4.78 is 0. The van der Waals surface area contributed by atoms with Gasteiger partial charge >= 0.3 is 0 Å². The summed E-state index contributed by atoms with van der Waals surface area (Å²) in [5, 5.41) is 6.67. The van der Waals surface area contributed by atoms with Crippen LogP contribution in [0.25, 0.3) is 0 Å². The van der Waals surface area contributed by atoms with Crippen LogP contribution in [-0.4, -0.2) is 43.2 Å². The zero-order valence-corrected chi connectivity index (χ0v) is 28.3. The summed E-state index contributed by atoms with van der Waals surface area (Å²) in [6, 6.07) is 0.287. The Labute approximate surface area is 283 Å². The minimum Gasteiger partial charge on any atom is -0.387 e. The number of nitrogens with zero attached hydrogens (tertiary/aromatic N) is 1. The number of dihydropyridines is 2. The molecule has 2 atom stereocenters. The fraction of sp³-hybridized carbons (Fsp3) is 0.349. The molecule has 0 saturated carbocycles. The van der Waals surface area contributed by atoms with Gasteiger partial charge in [0.15, 0.2) is 0 Å². The molecule has 2 unspecified atom stereocenters. The van der Waals surface area contributed by atoms with Gasteiger partial charge < -0.3 is 16.4 Å². The lowest BCUT2D eigenvalue weighted by molar-refractivity contribution is 0.251. The Bertz CT molecular complexity index is 1630. The van der Waals surface area contributed by atoms with E-state index in [2.05, 4.69) is 133 Å². The molecule has 0 fully saturated rings. The molecule has 3 aliphatic heterocycles. The fourth-order valence-electron chi connectivity index (χ4n) is 7.22. The van der Waals surface area contributed by atoms with Crippen molar-refractivity contribution in [2.45, 2.75) is 70.9 Å². The largest absolute Gasteiger partial charge is 0.387 e. The van der Waals surface area contributed by atoms with Crippen molar-refractivity contribution in [1.82, 2.24) is 15.5 Å². The van der Waals surface area contributed by atoms with Gasteiger partial charge in [-0.2, -0.15) is 0 Å². The molecule has 6 rings (SSSR count). The molecule has 0 aromatic carbocycles. The predicted molar refractivity (Wildman–Crippen MR) is 200 cm³/mol. The fourth-order valence-corrected chi connectivity index (χ4v) is 7.22. The first-order valence-electron chi connectivity index (χ1n) is 17.7. The third-order valence-electron chi connectivity index (χ3n) is 10.1. The molecular weight excluding hydrogens is 573 g/mol. The van der Waals surface area contributed by atoms with Gasteiger partial charge in [0.2, 0.25) is 0 Å². The number of hydrogen-bond acceptors (Lipinski definition) is 4. The summed E-state index contributed by atoms with van der Waals surface area (Å²) in [5.41, 5.74) is 20.1. The number of nitrogens with two attached hydrogens (primary N) is 1. The normalized spacial score (nSPS) is 27.5. The molecule has 4 N–H and O–H groups in total. The molecule has 0 radical (unpaired) electrons. The average Bonchev–Trinajstić information content (AvgIpc) is 3.16. The van der Waals surface area contributed by atoms with E-state index < -0.39 is 0 Å². The third kappa shape index (κ3) is 8.43. The monoisotopic (exact) mass is 624 g/mol. The van der Waals surface area contributed by atoms with Crippen molar-refractivity contribution in [1.29, 1.82) is 0 Å². The molecule has 0 aromatic rings. The first-order valence-corrected chi connectivity index (χ1v) is 17.7. The second-order valence-corrected chi connectivity index (χ2v) is 13.4. The van der Waals surface area contributed by atoms with E-state index in [4.69, 9.17) is 5.73 Å². The second-order valence-electron chi connectivity index (χ2n) is 13.4. The Morgan fingerprint density at radius 2 is 1.72 bits per heavy atom. The Morgan fingerprint density at radius 1 is 0.851 bits per heavy atom. The van der Waals surface area contributed by atoms with Crippen LogP contribution in [0.5, 0.6) is 0 Å². The maximum Gasteiger partial charge on any atom is 0.0498 e.